The fourth-order valence-corrected chi connectivity index (χ4v) is 1.80. The van der Waals surface area contributed by atoms with E-state index in [0.29, 0.717) is 11.5 Å². The highest BCUT2D eigenvalue weighted by Gasteiger charge is 2.09. The second kappa shape index (κ2) is 5.41. The monoisotopic (exact) mass is 203 g/mol. The Hall–Kier alpha value is -1.49. The van der Waals surface area contributed by atoms with E-state index in [4.69, 9.17) is 10.00 Å². The van der Waals surface area contributed by atoms with Crippen molar-refractivity contribution in [3.63, 3.8) is 0 Å². The highest BCUT2D eigenvalue weighted by molar-refractivity contribution is 5.42. The van der Waals surface area contributed by atoms with Gasteiger partial charge in [0.15, 0.2) is 0 Å². The fraction of sp³-hybridized carbons (Fsp3) is 0.462. The lowest BCUT2D eigenvalue weighted by Crippen LogP contribution is -1.97. The van der Waals surface area contributed by atoms with Crippen LogP contribution in [0.25, 0.3) is 0 Å². The molecule has 0 saturated carbocycles. The number of nitrogens with zero attached hydrogens (tertiary/aromatic N) is 1. The number of methoxy groups -OCH3 is 1. The van der Waals surface area contributed by atoms with Gasteiger partial charge in [-0.2, -0.15) is 5.26 Å². The van der Waals surface area contributed by atoms with Gasteiger partial charge in [0.25, 0.3) is 0 Å². The highest BCUT2D eigenvalue weighted by Crippen LogP contribution is 2.27. The first-order valence-electron chi connectivity index (χ1n) is 5.34. The van der Waals surface area contributed by atoms with Gasteiger partial charge in [-0.3, -0.25) is 0 Å². The van der Waals surface area contributed by atoms with Crippen LogP contribution in [0.15, 0.2) is 18.2 Å². The zero-order valence-corrected chi connectivity index (χ0v) is 9.58. The molecule has 0 aliphatic heterocycles. The summed E-state index contributed by atoms with van der Waals surface area (Å²) in [5.74, 6) is 1.29. The maximum Gasteiger partial charge on any atom is 0.120 e. The Bertz CT molecular complexity index is 361. The number of rotatable bonds is 4. The molecule has 2 nitrogen and oxygen atoms in total. The van der Waals surface area contributed by atoms with Crippen LogP contribution in [0.4, 0.5) is 0 Å². The molecule has 0 unspecified atom stereocenters. The van der Waals surface area contributed by atoms with Crippen LogP contribution >= 0.6 is 0 Å². The molecule has 0 amide bonds. The molecule has 0 aliphatic rings. The van der Waals surface area contributed by atoms with E-state index in [1.807, 2.05) is 12.1 Å². The second-order valence-electron chi connectivity index (χ2n) is 3.62. The minimum absolute atomic E-state index is 0.521. The Kier molecular flexibility index (Phi) is 4.17. The van der Waals surface area contributed by atoms with Gasteiger partial charge in [-0.05, 0) is 42.5 Å². The van der Waals surface area contributed by atoms with Gasteiger partial charge in [0.05, 0.1) is 18.7 Å². The molecule has 0 atom stereocenters. The van der Waals surface area contributed by atoms with E-state index in [1.165, 1.54) is 5.56 Å². The Balaban J connectivity index is 3.12. The third-order valence-corrected chi connectivity index (χ3v) is 2.75. The van der Waals surface area contributed by atoms with E-state index >= 15 is 0 Å². The Morgan fingerprint density at radius 3 is 2.40 bits per heavy atom. The zero-order chi connectivity index (χ0) is 11.3. The van der Waals surface area contributed by atoms with Crippen LogP contribution in [0.5, 0.6) is 5.75 Å². The van der Waals surface area contributed by atoms with Crippen molar-refractivity contribution in [2.75, 3.05) is 7.11 Å². The van der Waals surface area contributed by atoms with Gasteiger partial charge in [-0.25, -0.2) is 0 Å². The molecule has 0 saturated heterocycles. The van der Waals surface area contributed by atoms with Gasteiger partial charge in [0, 0.05) is 0 Å². The van der Waals surface area contributed by atoms with E-state index in [0.717, 1.165) is 18.6 Å². The molecule has 0 heterocycles. The molecule has 2 heteroatoms. The topological polar surface area (TPSA) is 33.0 Å². The molecule has 0 bridgehead atoms. The number of benzene rings is 1. The van der Waals surface area contributed by atoms with Gasteiger partial charge in [0.1, 0.15) is 5.75 Å². The van der Waals surface area contributed by atoms with Gasteiger partial charge in [-0.15, -0.1) is 0 Å². The molecule has 1 aromatic carbocycles. The first-order valence-corrected chi connectivity index (χ1v) is 5.34. The van der Waals surface area contributed by atoms with Crippen molar-refractivity contribution < 1.29 is 4.74 Å². The summed E-state index contributed by atoms with van der Waals surface area (Å²) < 4.78 is 5.19. The van der Waals surface area contributed by atoms with E-state index in [2.05, 4.69) is 19.9 Å². The molecule has 1 rings (SSSR count). The number of nitriles is 1. The highest BCUT2D eigenvalue weighted by atomic mass is 16.5. The summed E-state index contributed by atoms with van der Waals surface area (Å²) in [6.07, 6.45) is 2.18. The number of ether oxygens (including phenoxy) is 1. The SMILES string of the molecule is CCC(CC)c1cc(C#N)cc(OC)c1. The van der Waals surface area contributed by atoms with Crippen molar-refractivity contribution >= 4 is 0 Å². The molecule has 0 aliphatic carbocycles. The first kappa shape index (κ1) is 11.6. The summed E-state index contributed by atoms with van der Waals surface area (Å²) in [5.41, 5.74) is 1.88. The zero-order valence-electron chi connectivity index (χ0n) is 9.58. The second-order valence-corrected chi connectivity index (χ2v) is 3.62. The number of hydrogen-bond donors (Lipinski definition) is 0. The third kappa shape index (κ3) is 2.73. The number of hydrogen-bond acceptors (Lipinski definition) is 2. The molecule has 15 heavy (non-hydrogen) atoms. The summed E-state index contributed by atoms with van der Waals surface area (Å²) in [6.45, 7) is 4.33. The minimum atomic E-state index is 0.521. The lowest BCUT2D eigenvalue weighted by atomic mass is 9.92. The molecule has 0 radical (unpaired) electrons. The largest absolute Gasteiger partial charge is 0.497 e. The summed E-state index contributed by atoms with van der Waals surface area (Å²) in [7, 11) is 1.63. The summed E-state index contributed by atoms with van der Waals surface area (Å²) in [6, 6.07) is 7.92. The summed E-state index contributed by atoms with van der Waals surface area (Å²) in [4.78, 5) is 0. The predicted octanol–water partition coefficient (Wildman–Crippen LogP) is 3.47. The van der Waals surface area contributed by atoms with Crippen molar-refractivity contribution in [3.05, 3.63) is 29.3 Å². The van der Waals surface area contributed by atoms with Gasteiger partial charge in [-0.1, -0.05) is 13.8 Å². The first-order chi connectivity index (χ1) is 7.24. The average Bonchev–Trinajstić information content (AvgIpc) is 2.30. The van der Waals surface area contributed by atoms with Crippen LogP contribution < -0.4 is 4.74 Å². The van der Waals surface area contributed by atoms with E-state index in [-0.39, 0.29) is 0 Å². The Morgan fingerprint density at radius 1 is 1.27 bits per heavy atom. The van der Waals surface area contributed by atoms with Crippen LogP contribution in [0.3, 0.4) is 0 Å². The molecule has 80 valence electrons. The quantitative estimate of drug-likeness (QED) is 0.750. The molecule has 1 aromatic rings. The Labute approximate surface area is 91.5 Å². The van der Waals surface area contributed by atoms with Gasteiger partial charge < -0.3 is 4.74 Å². The van der Waals surface area contributed by atoms with Crippen LogP contribution in [0, 0.1) is 11.3 Å². The lowest BCUT2D eigenvalue weighted by Gasteiger charge is -2.14. The van der Waals surface area contributed by atoms with Gasteiger partial charge >= 0.3 is 0 Å². The summed E-state index contributed by atoms with van der Waals surface area (Å²) >= 11 is 0. The standard InChI is InChI=1S/C13H17NO/c1-4-11(5-2)12-6-10(9-14)7-13(8-12)15-3/h6-8,11H,4-5H2,1-3H3. The van der Waals surface area contributed by atoms with Crippen molar-refractivity contribution in [3.8, 4) is 11.8 Å². The molecular formula is C13H17NO. The molecular weight excluding hydrogens is 186 g/mol. The van der Waals surface area contributed by atoms with Crippen LogP contribution in [-0.2, 0) is 0 Å². The van der Waals surface area contributed by atoms with E-state index < -0.39 is 0 Å². The summed E-state index contributed by atoms with van der Waals surface area (Å²) in [5, 5.41) is 8.90. The molecule has 0 fully saturated rings. The van der Waals surface area contributed by atoms with Crippen molar-refractivity contribution in [1.29, 1.82) is 5.26 Å². The van der Waals surface area contributed by atoms with Crippen LogP contribution in [0.2, 0.25) is 0 Å². The van der Waals surface area contributed by atoms with E-state index in [9.17, 15) is 0 Å². The third-order valence-electron chi connectivity index (χ3n) is 2.75. The van der Waals surface area contributed by atoms with Gasteiger partial charge in [0.2, 0.25) is 0 Å². The predicted molar refractivity (Wildman–Crippen MR) is 61.0 cm³/mol. The lowest BCUT2D eigenvalue weighted by molar-refractivity contribution is 0.413. The fourth-order valence-electron chi connectivity index (χ4n) is 1.80. The van der Waals surface area contributed by atoms with Crippen molar-refractivity contribution in [2.45, 2.75) is 32.6 Å². The molecule has 0 aromatic heterocycles. The van der Waals surface area contributed by atoms with Crippen molar-refractivity contribution in [2.24, 2.45) is 0 Å². The molecule has 0 spiro atoms. The maximum atomic E-state index is 8.90. The normalized spacial score (nSPS) is 10.1. The Morgan fingerprint density at radius 2 is 1.93 bits per heavy atom. The van der Waals surface area contributed by atoms with Crippen LogP contribution in [0.1, 0.15) is 43.7 Å². The average molecular weight is 203 g/mol. The molecule has 0 N–H and O–H groups in total. The van der Waals surface area contributed by atoms with Crippen molar-refractivity contribution in [1.82, 2.24) is 0 Å². The smallest absolute Gasteiger partial charge is 0.120 e. The minimum Gasteiger partial charge on any atom is -0.497 e. The van der Waals surface area contributed by atoms with E-state index in [1.54, 1.807) is 13.2 Å². The maximum absolute atomic E-state index is 8.90. The van der Waals surface area contributed by atoms with Crippen LogP contribution in [-0.4, -0.2) is 7.11 Å².